The molecule has 6 atom stereocenters. The fourth-order valence-corrected chi connectivity index (χ4v) is 6.30. The van der Waals surface area contributed by atoms with Crippen molar-refractivity contribution in [2.24, 2.45) is 29.4 Å². The molecule has 2 aromatic rings. The molecule has 0 spiro atoms. The summed E-state index contributed by atoms with van der Waals surface area (Å²) >= 11 is 0. The third-order valence-electron chi connectivity index (χ3n) is 7.96. The van der Waals surface area contributed by atoms with Gasteiger partial charge in [-0.1, -0.05) is 0 Å². The van der Waals surface area contributed by atoms with E-state index in [2.05, 4.69) is 20.7 Å². The predicted octanol–water partition coefficient (Wildman–Crippen LogP) is -2.37. The Balaban J connectivity index is 1.55. The third kappa shape index (κ3) is 3.82. The Kier molecular flexibility index (Phi) is 6.34. The number of benzene rings is 1. The molecular formula is C24H24FN7O8. The van der Waals surface area contributed by atoms with Gasteiger partial charge in [0.1, 0.15) is 18.1 Å². The summed E-state index contributed by atoms with van der Waals surface area (Å²) < 4.78 is 15.3. The lowest BCUT2D eigenvalue weighted by atomic mass is 9.52. The van der Waals surface area contributed by atoms with Crippen LogP contribution in [0.5, 0.6) is 5.75 Å². The van der Waals surface area contributed by atoms with Crippen molar-refractivity contribution in [1.29, 1.82) is 0 Å². The van der Waals surface area contributed by atoms with Gasteiger partial charge in [0.15, 0.2) is 41.0 Å². The van der Waals surface area contributed by atoms with Gasteiger partial charge in [-0.2, -0.15) is 4.80 Å². The smallest absolute Gasteiger partial charge is 0.248 e. The van der Waals surface area contributed by atoms with Crippen LogP contribution in [0.1, 0.15) is 22.3 Å². The van der Waals surface area contributed by atoms with Crippen LogP contribution in [-0.2, 0) is 36.9 Å². The molecule has 3 aliphatic rings. The molecule has 2 saturated carbocycles. The van der Waals surface area contributed by atoms with Crippen molar-refractivity contribution in [2.45, 2.75) is 31.0 Å². The van der Waals surface area contributed by atoms with Gasteiger partial charge in [-0.3, -0.25) is 33.7 Å². The molecule has 0 saturated heterocycles. The number of Topliss-reactive ketones (excluding diaryl/α,β-unsaturated/α-hetero) is 4. The minimum Gasteiger partial charge on any atom is -0.505 e. The second kappa shape index (κ2) is 9.34. The number of tetrazole rings is 1. The molecule has 1 aromatic carbocycles. The first-order chi connectivity index (χ1) is 18.8. The van der Waals surface area contributed by atoms with Crippen molar-refractivity contribution < 1.29 is 43.4 Å². The summed E-state index contributed by atoms with van der Waals surface area (Å²) in [6, 6.07) is -0.444. The monoisotopic (exact) mass is 557 g/mol. The topological polar surface area (TPSA) is 228 Å². The van der Waals surface area contributed by atoms with Gasteiger partial charge in [0.25, 0.3) is 0 Å². The summed E-state index contributed by atoms with van der Waals surface area (Å²) in [4.78, 5) is 80.5. The number of likely N-dealkylation sites (N-methyl/N-ethyl adjacent to an activating group) is 1. The Morgan fingerprint density at radius 2 is 1.95 bits per heavy atom. The maximum Gasteiger partial charge on any atom is 0.248 e. The number of aromatic hydroxyl groups is 1. The van der Waals surface area contributed by atoms with E-state index in [4.69, 9.17) is 5.73 Å². The van der Waals surface area contributed by atoms with E-state index in [1.807, 2.05) is 0 Å². The highest BCUT2D eigenvalue weighted by Crippen LogP contribution is 2.51. The lowest BCUT2D eigenvalue weighted by molar-refractivity contribution is -0.181. The first kappa shape index (κ1) is 27.1. The number of phenolic OH excluding ortho intramolecular Hbond substituents is 1. The van der Waals surface area contributed by atoms with E-state index in [0.29, 0.717) is 0 Å². The summed E-state index contributed by atoms with van der Waals surface area (Å²) in [6.07, 6.45) is 0.618. The number of anilines is 1. The van der Waals surface area contributed by atoms with Gasteiger partial charge in [-0.05, 0) is 38.1 Å². The van der Waals surface area contributed by atoms with Gasteiger partial charge in [0, 0.05) is 17.5 Å². The third-order valence-corrected chi connectivity index (χ3v) is 7.96. The van der Waals surface area contributed by atoms with Crippen LogP contribution >= 0.6 is 0 Å². The van der Waals surface area contributed by atoms with Crippen molar-refractivity contribution in [1.82, 2.24) is 25.1 Å². The average molecular weight is 557 g/mol. The number of ketones is 4. The normalized spacial score (nSPS) is 29.6. The molecule has 16 heteroatoms. The Morgan fingerprint density at radius 3 is 2.55 bits per heavy atom. The van der Waals surface area contributed by atoms with E-state index in [1.165, 1.54) is 19.0 Å². The van der Waals surface area contributed by atoms with Crippen LogP contribution in [0.2, 0.25) is 0 Å². The lowest BCUT2D eigenvalue weighted by Gasteiger charge is -2.52. The number of primary amides is 1. The van der Waals surface area contributed by atoms with Gasteiger partial charge >= 0.3 is 0 Å². The van der Waals surface area contributed by atoms with E-state index >= 15 is 4.39 Å². The summed E-state index contributed by atoms with van der Waals surface area (Å²) in [5.41, 5.74) is 1.12. The number of rotatable bonds is 5. The van der Waals surface area contributed by atoms with Crippen molar-refractivity contribution in [2.75, 3.05) is 19.4 Å². The highest BCUT2D eigenvalue weighted by atomic mass is 19.1. The van der Waals surface area contributed by atoms with Crippen LogP contribution in [0.3, 0.4) is 0 Å². The van der Waals surface area contributed by atoms with E-state index in [9.17, 15) is 39.0 Å². The summed E-state index contributed by atoms with van der Waals surface area (Å²) in [7, 11) is 2.92. The van der Waals surface area contributed by atoms with E-state index in [1.54, 1.807) is 0 Å². The maximum absolute atomic E-state index is 15.3. The number of hydrogen-bond donors (Lipinski definition) is 4. The predicted molar refractivity (Wildman–Crippen MR) is 128 cm³/mol. The number of hydrogen-bond acceptors (Lipinski definition) is 12. The fourth-order valence-electron chi connectivity index (χ4n) is 6.30. The molecule has 5 rings (SSSR count). The summed E-state index contributed by atoms with van der Waals surface area (Å²) in [5.74, 6) is -14.6. The molecule has 0 radical (unpaired) electrons. The minimum absolute atomic E-state index is 0.215. The van der Waals surface area contributed by atoms with Gasteiger partial charge in [0.2, 0.25) is 11.8 Å². The van der Waals surface area contributed by atoms with Crippen LogP contribution in [0.15, 0.2) is 12.4 Å². The summed E-state index contributed by atoms with van der Waals surface area (Å²) in [6.45, 7) is -0.446. The van der Waals surface area contributed by atoms with Crippen molar-refractivity contribution in [3.05, 3.63) is 29.3 Å². The molecule has 210 valence electrons. The van der Waals surface area contributed by atoms with Crippen LogP contribution in [0.4, 0.5) is 10.1 Å². The number of nitrogens with two attached hydrogens (primary N) is 1. The standard InChI is InChI=1S/C24H24FN7O8/c1-31(2)17-10-4-8-3-9-11(25)5-12(29-13(33)6-32-28-7-27-30-32)18(34)15(9)19(35)14(8)21(37)24(10,40)22(38)16(20(17)36)23(26)39/h5,7-8,10,14,16-17,34,40H,3-4,6H2,1-2H3,(H2,26,39)(H,29,33)/t8-,10-,14?,16?,17-,24-/m0/s1. The molecule has 0 aliphatic heterocycles. The molecular weight excluding hydrogens is 533 g/mol. The quantitative estimate of drug-likeness (QED) is 0.223. The van der Waals surface area contributed by atoms with E-state index in [-0.39, 0.29) is 18.4 Å². The second-order valence-corrected chi connectivity index (χ2v) is 10.4. The number of aromatic nitrogens is 4. The second-order valence-electron chi connectivity index (χ2n) is 10.4. The van der Waals surface area contributed by atoms with Gasteiger partial charge in [0.05, 0.1) is 23.2 Å². The van der Waals surface area contributed by atoms with Gasteiger partial charge < -0.3 is 21.3 Å². The van der Waals surface area contributed by atoms with Crippen LogP contribution in [-0.4, -0.2) is 96.0 Å². The highest BCUT2D eigenvalue weighted by Gasteiger charge is 2.69. The first-order valence-electron chi connectivity index (χ1n) is 12.2. The Hall–Kier alpha value is -4.44. The number of fused-ring (bicyclic) bond motifs is 3. The van der Waals surface area contributed by atoms with Crippen molar-refractivity contribution in [3.63, 3.8) is 0 Å². The molecule has 2 unspecified atom stereocenters. The fraction of sp³-hybridized carbons (Fsp3) is 0.458. The van der Waals surface area contributed by atoms with Crippen LogP contribution < -0.4 is 11.1 Å². The van der Waals surface area contributed by atoms with Crippen molar-refractivity contribution in [3.8, 4) is 5.75 Å². The molecule has 5 N–H and O–H groups in total. The average Bonchev–Trinajstić information content (AvgIpc) is 3.37. The molecule has 1 heterocycles. The number of carbonyl (C=O) groups is 6. The number of nitrogens with zero attached hydrogens (tertiary/aromatic N) is 5. The lowest BCUT2D eigenvalue weighted by Crippen LogP contribution is -2.74. The molecule has 40 heavy (non-hydrogen) atoms. The number of aliphatic hydroxyl groups is 1. The van der Waals surface area contributed by atoms with E-state index in [0.717, 1.165) is 17.2 Å². The number of amides is 2. The molecule has 15 nitrogen and oxygen atoms in total. The number of phenols is 1. The first-order valence-corrected chi connectivity index (χ1v) is 12.2. The zero-order valence-corrected chi connectivity index (χ0v) is 21.2. The Labute approximate surface area is 224 Å². The maximum atomic E-state index is 15.3. The summed E-state index contributed by atoms with van der Waals surface area (Å²) in [5, 5.41) is 35.3. The largest absolute Gasteiger partial charge is 0.505 e. The van der Waals surface area contributed by atoms with Gasteiger partial charge in [-0.25, -0.2) is 4.39 Å². The van der Waals surface area contributed by atoms with Crippen LogP contribution in [0.25, 0.3) is 0 Å². The number of halogens is 1. The zero-order valence-electron chi connectivity index (χ0n) is 21.2. The van der Waals surface area contributed by atoms with E-state index < -0.39 is 99.6 Å². The van der Waals surface area contributed by atoms with Crippen molar-refractivity contribution >= 4 is 40.6 Å². The molecule has 3 aliphatic carbocycles. The Bertz CT molecular complexity index is 1490. The Morgan fingerprint density at radius 1 is 1.25 bits per heavy atom. The van der Waals surface area contributed by atoms with Gasteiger partial charge in [-0.15, -0.1) is 10.2 Å². The van der Waals surface area contributed by atoms with Crippen LogP contribution in [0, 0.1) is 29.5 Å². The molecule has 0 bridgehead atoms. The minimum atomic E-state index is -2.90. The molecule has 1 aromatic heterocycles. The molecule has 2 fully saturated rings. The number of nitrogens with one attached hydrogen (secondary N) is 1. The molecule has 2 amide bonds. The highest BCUT2D eigenvalue weighted by molar-refractivity contribution is 6.32. The zero-order chi connectivity index (χ0) is 29.3. The number of carbonyl (C=O) groups excluding carboxylic acids is 6. The SMILES string of the molecule is CN(C)[C@@H]1C(=O)C(C(N)=O)C(=O)[C@@]2(O)C(=O)C3C(=O)c4c(O)c(NC(=O)Cn5ncnn5)cc(F)c4C[C@H]3C[C@@H]12.